The van der Waals surface area contributed by atoms with Crippen LogP contribution < -0.4 is 10.6 Å². The zero-order chi connectivity index (χ0) is 21.2. The third-order valence-electron chi connectivity index (χ3n) is 5.70. The maximum atomic E-state index is 12.0. The van der Waals surface area contributed by atoms with E-state index >= 15 is 0 Å². The number of guanidine groups is 1. The van der Waals surface area contributed by atoms with Crippen molar-refractivity contribution in [2.45, 2.75) is 56.8 Å². The largest absolute Gasteiger partial charge is 0.356 e. The first-order valence-electron chi connectivity index (χ1n) is 11.1. The van der Waals surface area contributed by atoms with Crippen LogP contribution in [0.2, 0.25) is 0 Å². The van der Waals surface area contributed by atoms with Gasteiger partial charge in [-0.2, -0.15) is 0 Å². The summed E-state index contributed by atoms with van der Waals surface area (Å²) in [5, 5.41) is 6.68. The first-order valence-corrected chi connectivity index (χ1v) is 11.1. The topological polar surface area (TPSA) is 75.2 Å². The molecular formula is C23H37IN4O3. The molecular weight excluding hydrogens is 507 g/mol. The van der Waals surface area contributed by atoms with Crippen molar-refractivity contribution < 1.29 is 14.3 Å². The predicted octanol–water partition coefficient (Wildman–Crippen LogP) is 2.94. The molecule has 1 aromatic carbocycles. The van der Waals surface area contributed by atoms with E-state index in [1.807, 2.05) is 18.2 Å². The Hall–Kier alpha value is -1.39. The van der Waals surface area contributed by atoms with Crippen LogP contribution >= 0.6 is 24.0 Å². The van der Waals surface area contributed by atoms with Gasteiger partial charge in [0, 0.05) is 40.0 Å². The summed E-state index contributed by atoms with van der Waals surface area (Å²) in [4.78, 5) is 18.0. The van der Waals surface area contributed by atoms with Crippen molar-refractivity contribution in [3.8, 4) is 0 Å². The van der Waals surface area contributed by atoms with E-state index in [0.717, 1.165) is 25.8 Å². The molecule has 1 aromatic rings. The molecule has 1 atom stereocenters. The molecule has 1 saturated carbocycles. The molecule has 1 heterocycles. The third kappa shape index (κ3) is 8.57. The highest BCUT2D eigenvalue weighted by atomic mass is 127. The molecule has 1 aliphatic heterocycles. The number of nitrogens with one attached hydrogen (secondary N) is 2. The summed E-state index contributed by atoms with van der Waals surface area (Å²) < 4.78 is 12.4. The second kappa shape index (κ2) is 13.2. The molecule has 2 N–H and O–H groups in total. The lowest BCUT2D eigenvalue weighted by Gasteiger charge is -2.26. The van der Waals surface area contributed by atoms with Gasteiger partial charge in [0.2, 0.25) is 5.91 Å². The van der Waals surface area contributed by atoms with Gasteiger partial charge in [0.25, 0.3) is 0 Å². The van der Waals surface area contributed by atoms with E-state index in [1.165, 1.54) is 31.2 Å². The van der Waals surface area contributed by atoms with Crippen LogP contribution in [0.4, 0.5) is 0 Å². The van der Waals surface area contributed by atoms with Crippen molar-refractivity contribution in [1.29, 1.82) is 0 Å². The first-order chi connectivity index (χ1) is 14.6. The molecule has 8 heteroatoms. The standard InChI is InChI=1S/C23H36N4O3.HI/c1-27(2)21(28)17-26-22(24-15-12-19-10-6-5-7-11-19)25-16-20-18-29-23(30-20)13-8-3-4-9-14-23;/h5-7,10-11,20H,3-4,8-9,12-18H2,1-2H3,(H2,24,25,26);1H. The van der Waals surface area contributed by atoms with E-state index in [-0.39, 0.29) is 48.3 Å². The maximum absolute atomic E-state index is 12.0. The van der Waals surface area contributed by atoms with Gasteiger partial charge in [0.15, 0.2) is 11.7 Å². The predicted molar refractivity (Wildman–Crippen MR) is 134 cm³/mol. The zero-order valence-electron chi connectivity index (χ0n) is 18.8. The summed E-state index contributed by atoms with van der Waals surface area (Å²) >= 11 is 0. The van der Waals surface area contributed by atoms with Gasteiger partial charge < -0.3 is 25.0 Å². The Morgan fingerprint density at radius 3 is 2.52 bits per heavy atom. The SMILES string of the molecule is CN(C)C(=O)CN=C(NCCc1ccccc1)NCC1COC2(CCCCCC2)O1.I. The molecule has 2 fully saturated rings. The fourth-order valence-corrected chi connectivity index (χ4v) is 3.89. The number of carbonyl (C=O) groups is 1. The summed E-state index contributed by atoms with van der Waals surface area (Å²) in [5.41, 5.74) is 1.26. The minimum atomic E-state index is -0.387. The van der Waals surface area contributed by atoms with E-state index < -0.39 is 0 Å². The molecule has 1 spiro atoms. The smallest absolute Gasteiger partial charge is 0.243 e. The van der Waals surface area contributed by atoms with Crippen LogP contribution in [0.3, 0.4) is 0 Å². The van der Waals surface area contributed by atoms with Crippen molar-refractivity contribution in [3.05, 3.63) is 35.9 Å². The van der Waals surface area contributed by atoms with E-state index in [1.54, 1.807) is 19.0 Å². The van der Waals surface area contributed by atoms with Crippen molar-refractivity contribution in [1.82, 2.24) is 15.5 Å². The van der Waals surface area contributed by atoms with Crippen LogP contribution in [0.15, 0.2) is 35.3 Å². The molecule has 7 nitrogen and oxygen atoms in total. The number of hydrogen-bond acceptors (Lipinski definition) is 4. The minimum absolute atomic E-state index is 0. The van der Waals surface area contributed by atoms with Gasteiger partial charge in [-0.3, -0.25) is 4.79 Å². The van der Waals surface area contributed by atoms with Gasteiger partial charge >= 0.3 is 0 Å². The van der Waals surface area contributed by atoms with E-state index in [2.05, 4.69) is 27.8 Å². The van der Waals surface area contributed by atoms with Crippen LogP contribution in [-0.2, 0) is 20.7 Å². The quantitative estimate of drug-likeness (QED) is 0.314. The lowest BCUT2D eigenvalue weighted by atomic mass is 10.1. The second-order valence-electron chi connectivity index (χ2n) is 8.37. The Bertz CT molecular complexity index is 691. The lowest BCUT2D eigenvalue weighted by molar-refractivity contribution is -0.175. The Kier molecular flexibility index (Phi) is 11.0. The highest BCUT2D eigenvalue weighted by Crippen LogP contribution is 2.36. The Balaban J connectivity index is 0.00000341. The molecule has 174 valence electrons. The van der Waals surface area contributed by atoms with E-state index in [0.29, 0.717) is 19.1 Å². The van der Waals surface area contributed by atoms with E-state index in [4.69, 9.17) is 9.47 Å². The van der Waals surface area contributed by atoms with Crippen LogP contribution in [0, 0.1) is 0 Å². The van der Waals surface area contributed by atoms with Gasteiger partial charge in [-0.15, -0.1) is 24.0 Å². The van der Waals surface area contributed by atoms with Crippen molar-refractivity contribution in [3.63, 3.8) is 0 Å². The monoisotopic (exact) mass is 544 g/mol. The van der Waals surface area contributed by atoms with Gasteiger partial charge in [0.05, 0.1) is 6.61 Å². The molecule has 2 aliphatic rings. The number of ether oxygens (including phenoxy) is 2. The van der Waals surface area contributed by atoms with Crippen molar-refractivity contribution >= 4 is 35.8 Å². The molecule has 0 bridgehead atoms. The Morgan fingerprint density at radius 1 is 1.13 bits per heavy atom. The maximum Gasteiger partial charge on any atom is 0.243 e. The number of aliphatic imine (C=N–C) groups is 1. The van der Waals surface area contributed by atoms with Crippen molar-refractivity contribution in [2.24, 2.45) is 4.99 Å². The molecule has 3 rings (SSSR count). The van der Waals surface area contributed by atoms with E-state index in [9.17, 15) is 4.79 Å². The number of halogens is 1. The number of likely N-dealkylation sites (N-methyl/N-ethyl adjacent to an activating group) is 1. The zero-order valence-corrected chi connectivity index (χ0v) is 21.1. The van der Waals surface area contributed by atoms with Gasteiger partial charge in [-0.1, -0.05) is 43.2 Å². The van der Waals surface area contributed by atoms with Crippen molar-refractivity contribution in [2.75, 3.05) is 40.3 Å². The van der Waals surface area contributed by atoms with Crippen LogP contribution in [0.1, 0.15) is 44.1 Å². The normalized spacial score (nSPS) is 20.6. The minimum Gasteiger partial charge on any atom is -0.356 e. The highest BCUT2D eigenvalue weighted by Gasteiger charge is 2.41. The Morgan fingerprint density at radius 2 is 1.84 bits per heavy atom. The summed E-state index contributed by atoms with van der Waals surface area (Å²) in [6.07, 6.45) is 7.71. The molecule has 0 aromatic heterocycles. The number of amides is 1. The highest BCUT2D eigenvalue weighted by molar-refractivity contribution is 14.0. The number of carbonyl (C=O) groups excluding carboxylic acids is 1. The molecule has 31 heavy (non-hydrogen) atoms. The fourth-order valence-electron chi connectivity index (χ4n) is 3.89. The lowest BCUT2D eigenvalue weighted by Crippen LogP contribution is -2.43. The van der Waals surface area contributed by atoms with Gasteiger partial charge in [-0.25, -0.2) is 4.99 Å². The average molecular weight is 544 g/mol. The number of benzene rings is 1. The summed E-state index contributed by atoms with van der Waals surface area (Å²) in [6, 6.07) is 10.3. The molecule has 1 unspecified atom stereocenters. The summed E-state index contributed by atoms with van der Waals surface area (Å²) in [6.45, 7) is 2.05. The average Bonchev–Trinajstić information content (AvgIpc) is 3.00. The van der Waals surface area contributed by atoms with Gasteiger partial charge in [0.1, 0.15) is 12.6 Å². The third-order valence-corrected chi connectivity index (χ3v) is 5.70. The fraction of sp³-hybridized carbons (Fsp3) is 0.652. The Labute approximate surface area is 203 Å². The molecule has 1 amide bonds. The summed E-state index contributed by atoms with van der Waals surface area (Å²) in [5.74, 6) is 0.213. The van der Waals surface area contributed by atoms with Crippen LogP contribution in [0.25, 0.3) is 0 Å². The summed E-state index contributed by atoms with van der Waals surface area (Å²) in [7, 11) is 3.48. The number of nitrogens with zero attached hydrogens (tertiary/aromatic N) is 2. The number of rotatable bonds is 7. The second-order valence-corrected chi connectivity index (χ2v) is 8.37. The number of hydrogen-bond donors (Lipinski definition) is 2. The molecule has 1 aliphatic carbocycles. The molecule has 0 radical (unpaired) electrons. The van der Waals surface area contributed by atoms with Crippen LogP contribution in [-0.4, -0.2) is 69.0 Å². The first kappa shape index (κ1) is 25.9. The molecule has 1 saturated heterocycles. The van der Waals surface area contributed by atoms with Crippen LogP contribution in [0.5, 0.6) is 0 Å². The van der Waals surface area contributed by atoms with Gasteiger partial charge in [-0.05, 0) is 24.8 Å².